The second-order valence-electron chi connectivity index (χ2n) is 13.7. The van der Waals surface area contributed by atoms with Crippen LogP contribution in [0.25, 0.3) is 88.4 Å². The third-order valence-electron chi connectivity index (χ3n) is 11.0. The number of rotatable bonds is 4. The van der Waals surface area contributed by atoms with Crippen molar-refractivity contribution in [2.24, 2.45) is 0 Å². The van der Waals surface area contributed by atoms with E-state index in [4.69, 9.17) is 0 Å². The maximum Gasteiger partial charge on any atom is 0.0541 e. The Labute approximate surface area is 296 Å². The molecule has 0 radical (unpaired) electrons. The van der Waals surface area contributed by atoms with Crippen molar-refractivity contribution in [2.75, 3.05) is 0 Å². The summed E-state index contributed by atoms with van der Waals surface area (Å²) in [5, 5.41) is 5.06. The molecule has 0 saturated carbocycles. The van der Waals surface area contributed by atoms with Crippen LogP contribution < -0.4 is 0 Å². The molecular formula is C49H32N2. The first kappa shape index (κ1) is 28.2. The lowest BCUT2D eigenvalue weighted by Gasteiger charge is -2.12. The highest BCUT2D eigenvalue weighted by atomic mass is 15.0. The van der Waals surface area contributed by atoms with E-state index < -0.39 is 0 Å². The quantitative estimate of drug-likeness (QED) is 0.180. The first-order chi connectivity index (χ1) is 25.3. The molecule has 51 heavy (non-hydrogen) atoms. The predicted octanol–water partition coefficient (Wildman–Crippen LogP) is 12.8. The Morgan fingerprint density at radius 1 is 0.314 bits per heavy atom. The third-order valence-corrected chi connectivity index (χ3v) is 11.0. The highest BCUT2D eigenvalue weighted by molar-refractivity contribution is 6.12. The van der Waals surface area contributed by atoms with Gasteiger partial charge in [0.15, 0.2) is 0 Å². The summed E-state index contributed by atoms with van der Waals surface area (Å²) in [5.41, 5.74) is 17.8. The van der Waals surface area contributed by atoms with E-state index in [1.165, 1.54) is 99.5 Å². The van der Waals surface area contributed by atoms with Crippen LogP contribution in [0.4, 0.5) is 0 Å². The Balaban J connectivity index is 1.02. The van der Waals surface area contributed by atoms with Gasteiger partial charge in [0.2, 0.25) is 0 Å². The van der Waals surface area contributed by atoms with Crippen molar-refractivity contribution in [3.63, 3.8) is 0 Å². The number of aromatic nitrogens is 2. The zero-order valence-corrected chi connectivity index (χ0v) is 27.9. The van der Waals surface area contributed by atoms with Gasteiger partial charge in [-0.25, -0.2) is 0 Å². The van der Waals surface area contributed by atoms with Crippen LogP contribution in [0.15, 0.2) is 182 Å². The van der Waals surface area contributed by atoms with Gasteiger partial charge < -0.3 is 9.13 Å². The largest absolute Gasteiger partial charge is 0.309 e. The van der Waals surface area contributed by atoms with E-state index in [-0.39, 0.29) is 0 Å². The molecule has 0 aliphatic heterocycles. The van der Waals surface area contributed by atoms with Crippen LogP contribution in [0.2, 0.25) is 0 Å². The van der Waals surface area contributed by atoms with Crippen molar-refractivity contribution >= 4 is 43.6 Å². The van der Waals surface area contributed by atoms with Gasteiger partial charge in [0, 0.05) is 32.9 Å². The Morgan fingerprint density at radius 3 is 1.47 bits per heavy atom. The average molecular weight is 649 g/mol. The van der Waals surface area contributed by atoms with Crippen molar-refractivity contribution in [1.29, 1.82) is 0 Å². The molecule has 2 nitrogen and oxygen atoms in total. The van der Waals surface area contributed by atoms with Gasteiger partial charge in [-0.15, -0.1) is 0 Å². The molecule has 0 unspecified atom stereocenters. The second kappa shape index (κ2) is 10.9. The normalized spacial score (nSPS) is 12.2. The van der Waals surface area contributed by atoms with Gasteiger partial charge >= 0.3 is 0 Å². The first-order valence-electron chi connectivity index (χ1n) is 17.7. The van der Waals surface area contributed by atoms with Gasteiger partial charge in [-0.3, -0.25) is 0 Å². The number of para-hydroxylation sites is 3. The van der Waals surface area contributed by atoms with Crippen LogP contribution in [0.5, 0.6) is 0 Å². The molecule has 2 aromatic heterocycles. The van der Waals surface area contributed by atoms with E-state index in [2.05, 4.69) is 191 Å². The summed E-state index contributed by atoms with van der Waals surface area (Å²) < 4.78 is 4.79. The fourth-order valence-corrected chi connectivity index (χ4v) is 8.66. The average Bonchev–Trinajstić information content (AvgIpc) is 3.86. The van der Waals surface area contributed by atoms with Gasteiger partial charge in [0.05, 0.1) is 22.1 Å². The molecule has 10 aromatic rings. The molecule has 0 spiro atoms. The number of hydrogen-bond donors (Lipinski definition) is 0. The van der Waals surface area contributed by atoms with Gasteiger partial charge in [-0.2, -0.15) is 0 Å². The smallest absolute Gasteiger partial charge is 0.0541 e. The summed E-state index contributed by atoms with van der Waals surface area (Å²) in [5.74, 6) is 0. The minimum Gasteiger partial charge on any atom is -0.309 e. The van der Waals surface area contributed by atoms with Gasteiger partial charge in [0.25, 0.3) is 0 Å². The standard InChI is InChI=1S/C49H32N2/c1-2-12-36(13-3-1)50-46-19-8-6-15-41(46)44-29-33(23-27-48(44)50)34-24-28-49-45(30-34)42-16-7-9-20-47(42)51(49)37-25-21-32(22-26-37)38-17-10-18-40-39-14-5-4-11-35(39)31-43(38)40/h1-30H,31H2. The van der Waals surface area contributed by atoms with Crippen LogP contribution in [0, 0.1) is 0 Å². The van der Waals surface area contributed by atoms with Crippen LogP contribution in [0.1, 0.15) is 11.1 Å². The molecule has 1 aliphatic rings. The highest BCUT2D eigenvalue weighted by Gasteiger charge is 2.21. The molecule has 0 saturated heterocycles. The molecule has 0 N–H and O–H groups in total. The van der Waals surface area contributed by atoms with Crippen molar-refractivity contribution in [2.45, 2.75) is 6.42 Å². The molecule has 2 heteroatoms. The fraction of sp³-hybridized carbons (Fsp3) is 0.0204. The van der Waals surface area contributed by atoms with E-state index in [9.17, 15) is 0 Å². The van der Waals surface area contributed by atoms with E-state index in [0.29, 0.717) is 0 Å². The number of nitrogens with zero attached hydrogens (tertiary/aromatic N) is 2. The SMILES string of the molecule is c1ccc(-n2c3ccccc3c3cc(-c4ccc5c(c4)c4ccccc4n5-c4ccc(-c5cccc6c5Cc5ccccc5-6)cc4)ccc32)cc1. The maximum atomic E-state index is 2.42. The predicted molar refractivity (Wildman–Crippen MR) is 214 cm³/mol. The zero-order valence-electron chi connectivity index (χ0n) is 27.9. The van der Waals surface area contributed by atoms with Crippen molar-refractivity contribution in [3.8, 4) is 44.8 Å². The van der Waals surface area contributed by atoms with E-state index >= 15 is 0 Å². The van der Waals surface area contributed by atoms with Crippen LogP contribution >= 0.6 is 0 Å². The van der Waals surface area contributed by atoms with Gasteiger partial charge in [-0.05, 0) is 112 Å². The fourth-order valence-electron chi connectivity index (χ4n) is 8.66. The topological polar surface area (TPSA) is 9.86 Å². The number of hydrogen-bond acceptors (Lipinski definition) is 0. The Hall–Kier alpha value is -6.64. The molecule has 8 aromatic carbocycles. The zero-order chi connectivity index (χ0) is 33.5. The molecule has 0 fully saturated rings. The lowest BCUT2D eigenvalue weighted by molar-refractivity contribution is 1.18. The molecule has 0 atom stereocenters. The van der Waals surface area contributed by atoms with Crippen LogP contribution in [-0.4, -0.2) is 9.13 Å². The van der Waals surface area contributed by atoms with Crippen molar-refractivity contribution in [3.05, 3.63) is 193 Å². The number of fused-ring (bicyclic) bond motifs is 9. The summed E-state index contributed by atoms with van der Waals surface area (Å²) in [4.78, 5) is 0. The molecular weight excluding hydrogens is 617 g/mol. The third kappa shape index (κ3) is 4.23. The second-order valence-corrected chi connectivity index (χ2v) is 13.7. The summed E-state index contributed by atoms with van der Waals surface area (Å²) in [7, 11) is 0. The first-order valence-corrected chi connectivity index (χ1v) is 17.7. The monoisotopic (exact) mass is 648 g/mol. The maximum absolute atomic E-state index is 2.42. The molecule has 11 rings (SSSR count). The summed E-state index contributed by atoms with van der Waals surface area (Å²) in [6, 6.07) is 66.8. The minimum atomic E-state index is 0.987. The summed E-state index contributed by atoms with van der Waals surface area (Å²) in [6.45, 7) is 0. The molecule has 0 amide bonds. The van der Waals surface area contributed by atoms with E-state index in [0.717, 1.165) is 6.42 Å². The number of benzene rings is 8. The van der Waals surface area contributed by atoms with Gasteiger partial charge in [-0.1, -0.05) is 121 Å². The molecule has 238 valence electrons. The van der Waals surface area contributed by atoms with Crippen molar-refractivity contribution in [1.82, 2.24) is 9.13 Å². The lowest BCUT2D eigenvalue weighted by Crippen LogP contribution is -1.94. The Bertz CT molecular complexity index is 2980. The van der Waals surface area contributed by atoms with E-state index in [1.807, 2.05) is 0 Å². The summed E-state index contributed by atoms with van der Waals surface area (Å²) >= 11 is 0. The summed E-state index contributed by atoms with van der Waals surface area (Å²) in [6.07, 6.45) is 0.987. The van der Waals surface area contributed by atoms with Crippen LogP contribution in [-0.2, 0) is 6.42 Å². The Kier molecular flexibility index (Phi) is 6.05. The van der Waals surface area contributed by atoms with E-state index in [1.54, 1.807) is 0 Å². The van der Waals surface area contributed by atoms with Crippen molar-refractivity contribution < 1.29 is 0 Å². The van der Waals surface area contributed by atoms with Crippen LogP contribution in [0.3, 0.4) is 0 Å². The Morgan fingerprint density at radius 2 is 0.804 bits per heavy atom. The molecule has 1 aliphatic carbocycles. The van der Waals surface area contributed by atoms with Gasteiger partial charge in [0.1, 0.15) is 0 Å². The molecule has 0 bridgehead atoms. The molecule has 2 heterocycles. The minimum absolute atomic E-state index is 0.987. The lowest BCUT2D eigenvalue weighted by atomic mass is 9.95. The highest BCUT2D eigenvalue weighted by Crippen LogP contribution is 2.42.